The zero-order chi connectivity index (χ0) is 19.0. The number of aryl methyl sites for hydroxylation is 1. The van der Waals surface area contributed by atoms with Gasteiger partial charge < -0.3 is 0 Å². The van der Waals surface area contributed by atoms with Crippen LogP contribution in [0, 0.1) is 12.3 Å². The molecule has 0 bridgehead atoms. The summed E-state index contributed by atoms with van der Waals surface area (Å²) in [6, 6.07) is 12.8. The molecular weight excluding hydrogens is 362 g/mol. The molecule has 1 spiro atoms. The van der Waals surface area contributed by atoms with E-state index in [1.807, 2.05) is 16.8 Å². The smallest absolute Gasteiger partial charge is 0.0798 e. The third-order valence-electron chi connectivity index (χ3n) is 7.61. The van der Waals surface area contributed by atoms with E-state index in [1.165, 1.54) is 75.2 Å². The fourth-order valence-corrected chi connectivity index (χ4v) is 6.90. The van der Waals surface area contributed by atoms with E-state index >= 15 is 0 Å². The van der Waals surface area contributed by atoms with Crippen molar-refractivity contribution in [3.63, 3.8) is 0 Å². The van der Waals surface area contributed by atoms with Crippen molar-refractivity contribution < 1.29 is 0 Å². The highest BCUT2D eigenvalue weighted by Crippen LogP contribution is 2.58. The zero-order valence-corrected chi connectivity index (χ0v) is 18.0. The van der Waals surface area contributed by atoms with Crippen LogP contribution in [0.4, 0.5) is 0 Å². The van der Waals surface area contributed by atoms with E-state index in [1.54, 1.807) is 5.56 Å². The Kier molecular flexibility index (Phi) is 5.29. The summed E-state index contributed by atoms with van der Waals surface area (Å²) in [5.41, 5.74) is 5.35. The number of hydrogen-bond acceptors (Lipinski definition) is 4. The summed E-state index contributed by atoms with van der Waals surface area (Å²) in [5, 5.41) is 0. The third-order valence-corrected chi connectivity index (χ3v) is 8.53. The summed E-state index contributed by atoms with van der Waals surface area (Å²) in [5.74, 6) is 0. The van der Waals surface area contributed by atoms with E-state index in [0.717, 1.165) is 12.6 Å². The molecule has 2 saturated heterocycles. The molecule has 1 aromatic heterocycles. The van der Waals surface area contributed by atoms with Crippen LogP contribution < -0.4 is 0 Å². The maximum atomic E-state index is 4.42. The number of nitrogens with zero attached hydrogens (tertiary/aromatic N) is 3. The average Bonchev–Trinajstić information content (AvgIpc) is 3.13. The van der Waals surface area contributed by atoms with Crippen LogP contribution in [0.1, 0.15) is 67.1 Å². The summed E-state index contributed by atoms with van der Waals surface area (Å²) in [7, 11) is 0. The Balaban J connectivity index is 1.26. The average molecular weight is 396 g/mol. The Hall–Kier alpha value is -1.23. The van der Waals surface area contributed by atoms with Crippen molar-refractivity contribution in [2.24, 2.45) is 5.41 Å². The van der Waals surface area contributed by atoms with Crippen LogP contribution in [-0.4, -0.2) is 40.5 Å². The predicted octanol–water partition coefficient (Wildman–Crippen LogP) is 5.42. The van der Waals surface area contributed by atoms with Crippen molar-refractivity contribution in [3.8, 4) is 0 Å². The van der Waals surface area contributed by atoms with Crippen molar-refractivity contribution >= 4 is 11.3 Å². The summed E-state index contributed by atoms with van der Waals surface area (Å²) < 4.78 is 0. The first-order valence-corrected chi connectivity index (χ1v) is 12.1. The Morgan fingerprint density at radius 1 is 1.07 bits per heavy atom. The van der Waals surface area contributed by atoms with E-state index in [0.29, 0.717) is 11.5 Å². The van der Waals surface area contributed by atoms with Gasteiger partial charge in [-0.15, -0.1) is 11.3 Å². The normalized spacial score (nSPS) is 26.4. The van der Waals surface area contributed by atoms with Crippen LogP contribution >= 0.6 is 11.3 Å². The van der Waals surface area contributed by atoms with Gasteiger partial charge in [-0.2, -0.15) is 0 Å². The topological polar surface area (TPSA) is 19.4 Å². The third kappa shape index (κ3) is 3.44. The van der Waals surface area contributed by atoms with Gasteiger partial charge in [0.05, 0.1) is 11.2 Å². The lowest BCUT2D eigenvalue weighted by atomic mass is 9.60. The van der Waals surface area contributed by atoms with Crippen LogP contribution in [0.25, 0.3) is 0 Å². The molecule has 2 aliphatic heterocycles. The number of aromatic nitrogens is 1. The number of benzene rings is 1. The lowest BCUT2D eigenvalue weighted by molar-refractivity contribution is -0.133. The molecule has 1 unspecified atom stereocenters. The minimum Gasteiger partial charge on any atom is -0.298 e. The molecular formula is C24H33N3S. The second-order valence-electron chi connectivity index (χ2n) is 9.28. The second kappa shape index (κ2) is 7.89. The molecule has 28 heavy (non-hydrogen) atoms. The van der Waals surface area contributed by atoms with Gasteiger partial charge in [0.25, 0.3) is 0 Å². The van der Waals surface area contributed by atoms with Gasteiger partial charge in [-0.25, -0.2) is 4.98 Å². The number of piperidine rings is 1. The molecule has 3 heterocycles. The molecule has 1 aliphatic carbocycles. The van der Waals surface area contributed by atoms with Gasteiger partial charge in [0.2, 0.25) is 0 Å². The van der Waals surface area contributed by atoms with Crippen molar-refractivity contribution in [2.45, 2.75) is 70.5 Å². The van der Waals surface area contributed by atoms with E-state index in [9.17, 15) is 0 Å². The minimum absolute atomic E-state index is 0.566. The Morgan fingerprint density at radius 2 is 1.82 bits per heavy atom. The summed E-state index contributed by atoms with van der Waals surface area (Å²) in [6.45, 7) is 7.03. The summed E-state index contributed by atoms with van der Waals surface area (Å²) >= 11 is 1.82. The van der Waals surface area contributed by atoms with Crippen molar-refractivity contribution in [1.29, 1.82) is 0 Å². The van der Waals surface area contributed by atoms with Gasteiger partial charge in [0.15, 0.2) is 0 Å². The van der Waals surface area contributed by atoms with Crippen molar-refractivity contribution in [2.75, 3.05) is 19.6 Å². The van der Waals surface area contributed by atoms with Crippen LogP contribution in [0.5, 0.6) is 0 Å². The molecule has 3 nitrogen and oxygen atoms in total. The van der Waals surface area contributed by atoms with Crippen LogP contribution in [0.2, 0.25) is 0 Å². The van der Waals surface area contributed by atoms with Gasteiger partial charge >= 0.3 is 0 Å². The predicted molar refractivity (Wildman–Crippen MR) is 117 cm³/mol. The zero-order valence-electron chi connectivity index (χ0n) is 17.1. The number of likely N-dealkylation sites (tertiary alicyclic amines) is 2. The van der Waals surface area contributed by atoms with Gasteiger partial charge in [-0.3, -0.25) is 9.80 Å². The molecule has 1 saturated carbocycles. The first-order chi connectivity index (χ1) is 13.8. The monoisotopic (exact) mass is 395 g/mol. The van der Waals surface area contributed by atoms with Gasteiger partial charge in [-0.05, 0) is 38.2 Å². The van der Waals surface area contributed by atoms with E-state index in [4.69, 9.17) is 0 Å². The molecule has 3 fully saturated rings. The van der Waals surface area contributed by atoms with Crippen molar-refractivity contribution in [3.05, 3.63) is 52.0 Å². The SMILES string of the molecule is Cc1ncsc1CN1CCC(N2CC3(CCCCC3)C2c2ccccc2)CC1. The molecule has 4 heteroatoms. The first-order valence-electron chi connectivity index (χ1n) is 11.2. The fraction of sp³-hybridized carbons (Fsp3) is 0.625. The number of rotatable bonds is 4. The fourth-order valence-electron chi connectivity index (χ4n) is 6.08. The van der Waals surface area contributed by atoms with E-state index in [2.05, 4.69) is 52.0 Å². The quantitative estimate of drug-likeness (QED) is 0.689. The van der Waals surface area contributed by atoms with E-state index < -0.39 is 0 Å². The van der Waals surface area contributed by atoms with Gasteiger partial charge in [0.1, 0.15) is 0 Å². The molecule has 5 rings (SSSR count). The summed E-state index contributed by atoms with van der Waals surface area (Å²) in [4.78, 5) is 11.4. The van der Waals surface area contributed by atoms with Gasteiger partial charge in [-0.1, -0.05) is 49.6 Å². The number of thiazole rings is 1. The molecule has 0 radical (unpaired) electrons. The Morgan fingerprint density at radius 3 is 2.50 bits per heavy atom. The first kappa shape index (κ1) is 18.8. The van der Waals surface area contributed by atoms with Crippen LogP contribution in [0.3, 0.4) is 0 Å². The van der Waals surface area contributed by atoms with Crippen LogP contribution in [-0.2, 0) is 6.54 Å². The molecule has 1 aromatic carbocycles. The van der Waals surface area contributed by atoms with E-state index in [-0.39, 0.29) is 0 Å². The molecule has 0 N–H and O–H groups in total. The van der Waals surface area contributed by atoms with Crippen LogP contribution in [0.15, 0.2) is 35.8 Å². The summed E-state index contributed by atoms with van der Waals surface area (Å²) in [6.07, 6.45) is 9.82. The lowest BCUT2D eigenvalue weighted by Gasteiger charge is -2.63. The standard InChI is InChI=1S/C24H33N3S/c1-19-22(28-18-25-19)16-26-14-10-21(11-15-26)27-17-24(12-6-3-7-13-24)23(27)20-8-4-2-5-9-20/h2,4-5,8-9,18,21,23H,3,6-7,10-17H2,1H3. The molecule has 2 aromatic rings. The maximum Gasteiger partial charge on any atom is 0.0798 e. The lowest BCUT2D eigenvalue weighted by Crippen LogP contribution is -2.63. The van der Waals surface area contributed by atoms with Gasteiger partial charge in [0, 0.05) is 48.6 Å². The van der Waals surface area contributed by atoms with Crippen molar-refractivity contribution in [1.82, 2.24) is 14.8 Å². The highest BCUT2D eigenvalue weighted by atomic mass is 32.1. The largest absolute Gasteiger partial charge is 0.298 e. The Labute approximate surface area is 173 Å². The number of hydrogen-bond donors (Lipinski definition) is 0. The molecule has 150 valence electrons. The minimum atomic E-state index is 0.566. The second-order valence-corrected chi connectivity index (χ2v) is 10.2. The molecule has 3 aliphatic rings. The maximum absolute atomic E-state index is 4.42. The highest BCUT2D eigenvalue weighted by Gasteiger charge is 2.54. The molecule has 0 amide bonds. The highest BCUT2D eigenvalue weighted by molar-refractivity contribution is 7.09. The Bertz CT molecular complexity index is 772. The molecule has 1 atom stereocenters.